The summed E-state index contributed by atoms with van der Waals surface area (Å²) in [6.07, 6.45) is 1.92. The van der Waals surface area contributed by atoms with Gasteiger partial charge in [0, 0.05) is 36.8 Å². The van der Waals surface area contributed by atoms with Gasteiger partial charge in [-0.25, -0.2) is 4.98 Å². The third kappa shape index (κ3) is 4.97. The van der Waals surface area contributed by atoms with Crippen LogP contribution >= 0.6 is 23.2 Å². The molecule has 0 atom stereocenters. The third-order valence-corrected chi connectivity index (χ3v) is 7.16. The normalized spacial score (nSPS) is 15.0. The smallest absolute Gasteiger partial charge is 0.251 e. The fraction of sp³-hybridized carbons (Fsp3) is 0.259. The van der Waals surface area contributed by atoms with Crippen molar-refractivity contribution in [1.29, 1.82) is 0 Å². The molecule has 5 nitrogen and oxygen atoms in total. The lowest BCUT2D eigenvalue weighted by atomic mass is 10.0. The van der Waals surface area contributed by atoms with Crippen LogP contribution in [0.25, 0.3) is 22.4 Å². The van der Waals surface area contributed by atoms with Gasteiger partial charge in [0.25, 0.3) is 5.91 Å². The van der Waals surface area contributed by atoms with Gasteiger partial charge < -0.3 is 10.3 Å². The molecule has 174 valence electrons. The van der Waals surface area contributed by atoms with Crippen molar-refractivity contribution in [2.75, 3.05) is 13.1 Å². The van der Waals surface area contributed by atoms with Crippen LogP contribution in [0, 0.1) is 6.92 Å². The minimum Gasteiger partial charge on any atom is -0.349 e. The number of hydrogen-bond donors (Lipinski definition) is 2. The molecule has 0 bridgehead atoms. The zero-order valence-corrected chi connectivity index (χ0v) is 20.5. The van der Waals surface area contributed by atoms with Gasteiger partial charge >= 0.3 is 0 Å². The second-order valence-electron chi connectivity index (χ2n) is 8.91. The van der Waals surface area contributed by atoms with Crippen molar-refractivity contribution in [2.45, 2.75) is 32.4 Å². The molecule has 1 amide bonds. The fourth-order valence-electron chi connectivity index (χ4n) is 4.55. The van der Waals surface area contributed by atoms with Crippen molar-refractivity contribution in [3.63, 3.8) is 0 Å². The van der Waals surface area contributed by atoms with Crippen LogP contribution in [-0.2, 0) is 6.54 Å². The average Bonchev–Trinajstić information content (AvgIpc) is 3.23. The molecule has 3 aromatic carbocycles. The number of fused-ring (bicyclic) bond motifs is 1. The number of hydrogen-bond acceptors (Lipinski definition) is 3. The van der Waals surface area contributed by atoms with Crippen molar-refractivity contribution in [3.05, 3.63) is 87.4 Å². The number of rotatable bonds is 5. The molecule has 0 unspecified atom stereocenters. The van der Waals surface area contributed by atoms with Gasteiger partial charge in [-0.2, -0.15) is 0 Å². The number of carbonyl (C=O) groups excluding carboxylic acids is 1. The van der Waals surface area contributed by atoms with Gasteiger partial charge in [-0.1, -0.05) is 59.6 Å². The SMILES string of the molecule is Cc1cc(C(=O)NC2CCN(Cc3ccccc3)CC2)ccc1-c1nc2cc(Cl)c(Cl)cc2[nH]1. The zero-order valence-electron chi connectivity index (χ0n) is 18.9. The van der Waals surface area contributed by atoms with E-state index < -0.39 is 0 Å². The summed E-state index contributed by atoms with van der Waals surface area (Å²) in [5.41, 5.74) is 5.48. The van der Waals surface area contributed by atoms with E-state index >= 15 is 0 Å². The highest BCUT2D eigenvalue weighted by atomic mass is 35.5. The van der Waals surface area contributed by atoms with Crippen LogP contribution in [0.2, 0.25) is 10.0 Å². The molecule has 34 heavy (non-hydrogen) atoms. The van der Waals surface area contributed by atoms with Crippen LogP contribution in [-0.4, -0.2) is 39.9 Å². The lowest BCUT2D eigenvalue weighted by Crippen LogP contribution is -2.44. The number of H-pyrrole nitrogens is 1. The number of likely N-dealkylation sites (tertiary alicyclic amines) is 1. The Morgan fingerprint density at radius 3 is 2.53 bits per heavy atom. The molecular formula is C27H26Cl2N4O. The molecule has 1 aliphatic rings. The first-order chi connectivity index (χ1) is 16.5. The van der Waals surface area contributed by atoms with Gasteiger partial charge in [0.2, 0.25) is 0 Å². The molecule has 2 N–H and O–H groups in total. The zero-order chi connectivity index (χ0) is 23.7. The first-order valence-electron chi connectivity index (χ1n) is 11.5. The Kier molecular flexibility index (Phi) is 6.59. The Balaban J connectivity index is 1.22. The van der Waals surface area contributed by atoms with E-state index in [0.29, 0.717) is 15.6 Å². The number of aromatic amines is 1. The van der Waals surface area contributed by atoms with Crippen LogP contribution in [0.3, 0.4) is 0 Å². The Hall–Kier alpha value is -2.86. The highest BCUT2D eigenvalue weighted by Crippen LogP contribution is 2.30. The van der Waals surface area contributed by atoms with Crippen molar-refractivity contribution >= 4 is 40.1 Å². The van der Waals surface area contributed by atoms with E-state index in [0.717, 1.165) is 60.5 Å². The Bertz CT molecular complexity index is 1290. The Labute approximate surface area is 209 Å². The van der Waals surface area contributed by atoms with Crippen LogP contribution in [0.5, 0.6) is 0 Å². The Morgan fingerprint density at radius 2 is 1.79 bits per heavy atom. The number of nitrogens with zero attached hydrogens (tertiary/aromatic N) is 2. The molecule has 2 heterocycles. The first-order valence-corrected chi connectivity index (χ1v) is 12.2. The van der Waals surface area contributed by atoms with Crippen molar-refractivity contribution < 1.29 is 4.79 Å². The average molecular weight is 493 g/mol. The minimum atomic E-state index is -0.0284. The molecule has 0 spiro atoms. The number of amides is 1. The van der Waals surface area contributed by atoms with Gasteiger partial charge in [0.05, 0.1) is 21.1 Å². The van der Waals surface area contributed by atoms with Crippen molar-refractivity contribution in [1.82, 2.24) is 20.2 Å². The van der Waals surface area contributed by atoms with Gasteiger partial charge in [0.15, 0.2) is 0 Å². The number of halogens is 2. The quantitative estimate of drug-likeness (QED) is 0.346. The molecule has 1 saturated heterocycles. The minimum absolute atomic E-state index is 0.0284. The predicted molar refractivity (Wildman–Crippen MR) is 138 cm³/mol. The predicted octanol–water partition coefficient (Wildman–Crippen LogP) is 6.24. The topological polar surface area (TPSA) is 61.0 Å². The highest BCUT2D eigenvalue weighted by molar-refractivity contribution is 6.42. The summed E-state index contributed by atoms with van der Waals surface area (Å²) in [5.74, 6) is 0.697. The maximum absolute atomic E-state index is 12.9. The molecular weight excluding hydrogens is 467 g/mol. The fourth-order valence-corrected chi connectivity index (χ4v) is 4.87. The summed E-state index contributed by atoms with van der Waals surface area (Å²) >= 11 is 12.2. The van der Waals surface area contributed by atoms with Gasteiger partial charge in [0.1, 0.15) is 5.82 Å². The first kappa shape index (κ1) is 22.9. The largest absolute Gasteiger partial charge is 0.349 e. The molecule has 1 aliphatic heterocycles. The molecule has 0 radical (unpaired) electrons. The van der Waals surface area contributed by atoms with Crippen LogP contribution in [0.15, 0.2) is 60.7 Å². The standard InChI is InChI=1S/C27H26Cl2N4O/c1-17-13-19(7-8-21(17)26-31-24-14-22(28)23(29)15-25(24)32-26)27(34)30-20-9-11-33(12-10-20)16-18-5-3-2-4-6-18/h2-8,13-15,20H,9-12,16H2,1H3,(H,30,34)(H,31,32). The second-order valence-corrected chi connectivity index (χ2v) is 9.72. The molecule has 4 aromatic rings. The summed E-state index contributed by atoms with van der Waals surface area (Å²) in [5, 5.41) is 4.18. The summed E-state index contributed by atoms with van der Waals surface area (Å²) in [7, 11) is 0. The molecule has 1 fully saturated rings. The lowest BCUT2D eigenvalue weighted by Gasteiger charge is -2.32. The van der Waals surface area contributed by atoms with Gasteiger partial charge in [-0.3, -0.25) is 9.69 Å². The monoisotopic (exact) mass is 492 g/mol. The maximum atomic E-state index is 12.9. The van der Waals surface area contributed by atoms with E-state index in [9.17, 15) is 4.79 Å². The number of carbonyl (C=O) groups is 1. The summed E-state index contributed by atoms with van der Waals surface area (Å²) in [6, 6.07) is 20.0. The van der Waals surface area contributed by atoms with Gasteiger partial charge in [-0.15, -0.1) is 0 Å². The second kappa shape index (κ2) is 9.79. The third-order valence-electron chi connectivity index (χ3n) is 6.44. The van der Waals surface area contributed by atoms with E-state index in [2.05, 4.69) is 44.5 Å². The summed E-state index contributed by atoms with van der Waals surface area (Å²) in [6.45, 7) is 4.92. The van der Waals surface area contributed by atoms with Crippen molar-refractivity contribution in [3.8, 4) is 11.4 Å². The molecule has 0 saturated carbocycles. The van der Waals surface area contributed by atoms with Gasteiger partial charge in [-0.05, 0) is 55.2 Å². The molecule has 5 rings (SSSR count). The Morgan fingerprint density at radius 1 is 1.06 bits per heavy atom. The highest BCUT2D eigenvalue weighted by Gasteiger charge is 2.21. The number of nitrogens with one attached hydrogen (secondary N) is 2. The number of aryl methyl sites for hydroxylation is 1. The number of aromatic nitrogens is 2. The van der Waals surface area contributed by atoms with Crippen LogP contribution < -0.4 is 5.32 Å². The number of benzene rings is 3. The maximum Gasteiger partial charge on any atom is 0.251 e. The van der Waals surface area contributed by atoms with Crippen molar-refractivity contribution in [2.24, 2.45) is 0 Å². The molecule has 0 aliphatic carbocycles. The van der Waals surface area contributed by atoms with E-state index in [1.807, 2.05) is 31.2 Å². The van der Waals surface area contributed by atoms with E-state index in [-0.39, 0.29) is 11.9 Å². The summed E-state index contributed by atoms with van der Waals surface area (Å²) < 4.78 is 0. The van der Waals surface area contributed by atoms with E-state index in [1.165, 1.54) is 5.56 Å². The van der Waals surface area contributed by atoms with Crippen LogP contribution in [0.1, 0.15) is 34.3 Å². The van der Waals surface area contributed by atoms with E-state index in [1.54, 1.807) is 12.1 Å². The lowest BCUT2D eigenvalue weighted by molar-refractivity contribution is 0.0909. The van der Waals surface area contributed by atoms with E-state index in [4.69, 9.17) is 23.2 Å². The number of imidazole rings is 1. The summed E-state index contributed by atoms with van der Waals surface area (Å²) in [4.78, 5) is 23.3. The number of piperidine rings is 1. The molecule has 7 heteroatoms. The van der Waals surface area contributed by atoms with Crippen LogP contribution in [0.4, 0.5) is 0 Å². The molecule has 1 aromatic heterocycles.